The van der Waals surface area contributed by atoms with Crippen molar-refractivity contribution in [2.75, 3.05) is 0 Å². The smallest absolute Gasteiger partial charge is 0.0665 e. The molecule has 2 nitrogen and oxygen atoms in total. The summed E-state index contributed by atoms with van der Waals surface area (Å²) in [7, 11) is 0. The third kappa shape index (κ3) is 33.3. The summed E-state index contributed by atoms with van der Waals surface area (Å²) in [4.78, 5) is 11.0. The predicted molar refractivity (Wildman–Crippen MR) is 286 cm³/mol. The van der Waals surface area contributed by atoms with E-state index in [4.69, 9.17) is 9.98 Å². The topological polar surface area (TPSA) is 24.7 Å². The van der Waals surface area contributed by atoms with Gasteiger partial charge in [0.1, 0.15) is 0 Å². The van der Waals surface area contributed by atoms with Gasteiger partial charge in [-0.3, -0.25) is 9.98 Å². The van der Waals surface area contributed by atoms with E-state index in [1.807, 2.05) is 0 Å². The molecule has 0 aliphatic carbocycles. The van der Waals surface area contributed by atoms with Crippen LogP contribution in [-0.2, 0) is 29.3 Å². The molecule has 0 N–H and O–H groups in total. The van der Waals surface area contributed by atoms with Gasteiger partial charge in [0.2, 0.25) is 0 Å². The van der Waals surface area contributed by atoms with Gasteiger partial charge in [0.15, 0.2) is 0 Å². The van der Waals surface area contributed by atoms with Gasteiger partial charge in [-0.2, -0.15) is 0 Å². The first-order valence-corrected chi connectivity index (χ1v) is 27.8. The van der Waals surface area contributed by atoms with E-state index in [1.165, 1.54) is 222 Å². The monoisotopic (exact) mass is 921 g/mol. The Morgan fingerprint density at radius 1 is 0.328 bits per heavy atom. The first kappa shape index (κ1) is 59.8. The number of benzene rings is 2. The van der Waals surface area contributed by atoms with Crippen molar-refractivity contribution >= 4 is 22.8 Å². The average Bonchev–Trinajstić information content (AvgIpc) is 3.30. The van der Waals surface area contributed by atoms with Gasteiger partial charge >= 0.3 is 0 Å². The first-order chi connectivity index (χ1) is 31.2. The minimum atomic E-state index is 0. The normalized spacial score (nSPS) is 12.2. The summed E-state index contributed by atoms with van der Waals surface area (Å²) in [5, 5.41) is 0. The summed E-state index contributed by atoms with van der Waals surface area (Å²) in [6.45, 7) is 9.21. The van der Waals surface area contributed by atoms with Crippen molar-refractivity contribution < 1.29 is 16.5 Å². The molecule has 2 aromatic rings. The fraction of sp³-hybridized carbons (Fsp3) is 0.705. The van der Waals surface area contributed by atoms with Gasteiger partial charge in [-0.05, 0) is 113 Å². The molecule has 3 heteroatoms. The van der Waals surface area contributed by atoms with E-state index in [0.717, 1.165) is 62.7 Å². The van der Waals surface area contributed by atoms with Gasteiger partial charge in [-0.1, -0.05) is 249 Å². The van der Waals surface area contributed by atoms with Crippen molar-refractivity contribution in [1.82, 2.24) is 0 Å². The van der Waals surface area contributed by atoms with Crippen molar-refractivity contribution in [2.45, 2.75) is 278 Å². The van der Waals surface area contributed by atoms with E-state index in [2.05, 4.69) is 101 Å². The summed E-state index contributed by atoms with van der Waals surface area (Å²) in [6, 6.07) is 17.9. The third-order valence-corrected chi connectivity index (χ3v) is 13.0. The standard InChI is InChI=1S/C61H102N2.Ni/c1-5-9-13-15-17-19-21-23-25-27-29-31-33-35-37-39-42-48-56-50-44-46-53-58(56)62-60(52-12-8-4)61(55-41-11-7-3)63-59-54-47-45-51-57(59)49-43-40-38-36-34-32-30-28-26-24-22-20-18-16-14-10-6-2;/h35-38,44-47,50-51,53-54H,5-34,39-43,48-49,52,55H2,1-4H3;. The summed E-state index contributed by atoms with van der Waals surface area (Å²) in [6.07, 6.45) is 61.0. The quantitative estimate of drug-likeness (QED) is 0.0274. The molecule has 0 aliphatic rings. The van der Waals surface area contributed by atoms with Crippen molar-refractivity contribution in [1.29, 1.82) is 0 Å². The fourth-order valence-electron chi connectivity index (χ4n) is 8.87. The number of hydrogen-bond acceptors (Lipinski definition) is 2. The molecule has 2 aromatic carbocycles. The Labute approximate surface area is 409 Å². The molecular weight excluding hydrogens is 819 g/mol. The molecule has 0 atom stereocenters. The summed E-state index contributed by atoms with van der Waals surface area (Å²) in [5.74, 6) is 0. The van der Waals surface area contributed by atoms with Crippen LogP contribution < -0.4 is 0 Å². The Morgan fingerprint density at radius 2 is 0.609 bits per heavy atom. The van der Waals surface area contributed by atoms with Gasteiger partial charge in [-0.15, -0.1) is 0 Å². The number of hydrogen-bond donors (Lipinski definition) is 0. The van der Waals surface area contributed by atoms with Crippen LogP contribution >= 0.6 is 0 Å². The van der Waals surface area contributed by atoms with Gasteiger partial charge in [-0.25, -0.2) is 0 Å². The molecule has 0 saturated heterocycles. The van der Waals surface area contributed by atoms with Gasteiger partial charge in [0.25, 0.3) is 0 Å². The minimum Gasteiger partial charge on any atom is -0.251 e. The van der Waals surface area contributed by atoms with Crippen LogP contribution in [0.1, 0.15) is 276 Å². The molecule has 2 rings (SSSR count). The second-order valence-electron chi connectivity index (χ2n) is 19.0. The van der Waals surface area contributed by atoms with E-state index in [0.29, 0.717) is 0 Å². The number of aryl methyl sites for hydroxylation is 2. The van der Waals surface area contributed by atoms with Gasteiger partial charge in [0.05, 0.1) is 22.8 Å². The number of aliphatic imine (C=N–C) groups is 2. The second kappa shape index (κ2) is 45.9. The summed E-state index contributed by atoms with van der Waals surface area (Å²) < 4.78 is 0. The first-order valence-electron chi connectivity index (χ1n) is 27.8. The minimum absolute atomic E-state index is 0. The third-order valence-electron chi connectivity index (χ3n) is 13.0. The van der Waals surface area contributed by atoms with E-state index in [9.17, 15) is 0 Å². The number of allylic oxidation sites excluding steroid dienone is 4. The summed E-state index contributed by atoms with van der Waals surface area (Å²) >= 11 is 0. The molecule has 0 bridgehead atoms. The molecule has 0 amide bonds. The molecule has 0 aromatic heterocycles. The Kier molecular flexibility index (Phi) is 42.9. The van der Waals surface area contributed by atoms with Crippen molar-refractivity contribution in [3.63, 3.8) is 0 Å². The second-order valence-corrected chi connectivity index (χ2v) is 19.0. The van der Waals surface area contributed by atoms with Crippen LogP contribution in [-0.4, -0.2) is 11.4 Å². The molecule has 0 heterocycles. The Hall–Kier alpha value is -2.25. The van der Waals surface area contributed by atoms with E-state index in [1.54, 1.807) is 0 Å². The van der Waals surface area contributed by atoms with Crippen LogP contribution in [0.15, 0.2) is 82.8 Å². The molecular formula is C61H102N2Ni. The average molecular weight is 922 g/mol. The maximum Gasteiger partial charge on any atom is 0.0665 e. The van der Waals surface area contributed by atoms with Gasteiger partial charge < -0.3 is 0 Å². The van der Waals surface area contributed by atoms with Gasteiger partial charge in [0, 0.05) is 16.5 Å². The van der Waals surface area contributed by atoms with Crippen molar-refractivity contribution in [3.05, 3.63) is 84.0 Å². The molecule has 0 spiro atoms. The van der Waals surface area contributed by atoms with Crippen molar-refractivity contribution in [3.8, 4) is 0 Å². The van der Waals surface area contributed by atoms with Crippen LogP contribution in [0.5, 0.6) is 0 Å². The zero-order valence-corrected chi connectivity index (χ0v) is 43.7. The predicted octanol–water partition coefficient (Wildman–Crippen LogP) is 21.2. The zero-order chi connectivity index (χ0) is 44.9. The Bertz CT molecular complexity index is 1440. The largest absolute Gasteiger partial charge is 0.251 e. The molecule has 0 unspecified atom stereocenters. The van der Waals surface area contributed by atoms with Crippen LogP contribution in [0.4, 0.5) is 11.4 Å². The zero-order valence-electron chi connectivity index (χ0n) is 42.7. The molecule has 0 saturated carbocycles. The van der Waals surface area contributed by atoms with Crippen LogP contribution in [0.25, 0.3) is 0 Å². The van der Waals surface area contributed by atoms with E-state index >= 15 is 0 Å². The maximum atomic E-state index is 5.51. The van der Waals surface area contributed by atoms with Crippen LogP contribution in [0.2, 0.25) is 0 Å². The fourth-order valence-corrected chi connectivity index (χ4v) is 8.87. The number of para-hydroxylation sites is 2. The number of nitrogens with zero attached hydrogens (tertiary/aromatic N) is 2. The molecule has 0 radical (unpaired) electrons. The molecule has 366 valence electrons. The van der Waals surface area contributed by atoms with Crippen molar-refractivity contribution in [2.24, 2.45) is 9.98 Å². The molecule has 0 fully saturated rings. The number of unbranched alkanes of at least 4 members (excludes halogenated alkanes) is 29. The van der Waals surface area contributed by atoms with Crippen LogP contribution in [0, 0.1) is 0 Å². The Balaban J connectivity index is 0.0000205. The maximum absolute atomic E-state index is 5.51. The number of rotatable bonds is 44. The van der Waals surface area contributed by atoms with E-state index < -0.39 is 0 Å². The summed E-state index contributed by atoms with van der Waals surface area (Å²) in [5.41, 5.74) is 7.47. The van der Waals surface area contributed by atoms with E-state index in [-0.39, 0.29) is 16.5 Å². The Morgan fingerprint density at radius 3 is 0.969 bits per heavy atom. The van der Waals surface area contributed by atoms with Crippen LogP contribution in [0.3, 0.4) is 0 Å². The molecule has 0 aliphatic heterocycles. The SMILES string of the molecule is CCCCCCCCCCCCCCC=CCCCc1ccccc1N=C(CCCC)C(CCCCC)=Nc1ccccc1CCCC=CCCCCCCCCCCCCCC.[Ni]. The molecule has 64 heavy (non-hydrogen) atoms.